The summed E-state index contributed by atoms with van der Waals surface area (Å²) in [5.41, 5.74) is -0.251. The van der Waals surface area contributed by atoms with Gasteiger partial charge in [0.15, 0.2) is 18.9 Å². The van der Waals surface area contributed by atoms with Gasteiger partial charge in [0.2, 0.25) is 6.29 Å². The Kier molecular flexibility index (Phi) is 14.5. The van der Waals surface area contributed by atoms with Crippen LogP contribution in [0.4, 0.5) is 5.69 Å². The molecule has 0 aliphatic carbocycles. The number of nitrogens with zero attached hydrogens (tertiary/aromatic N) is 1. The van der Waals surface area contributed by atoms with Crippen molar-refractivity contribution in [1.29, 1.82) is 0 Å². The Hall–Kier alpha value is -2.38. The second-order valence-electron chi connectivity index (χ2n) is 13.0. The monoisotopic (exact) mass is 787 g/mol. The van der Waals surface area contributed by atoms with E-state index in [1.165, 1.54) is 12.1 Å². The van der Waals surface area contributed by atoms with E-state index in [0.717, 1.165) is 12.1 Å². The Morgan fingerprint density at radius 1 is 0.481 bits per heavy atom. The van der Waals surface area contributed by atoms with Gasteiger partial charge in [-0.05, 0) is 12.1 Å². The van der Waals surface area contributed by atoms with Crippen LogP contribution in [0.2, 0.25) is 0 Å². The minimum Gasteiger partial charge on any atom is -0.462 e. The van der Waals surface area contributed by atoms with Crippen molar-refractivity contribution < 1.29 is 109 Å². The molecular formula is C30H45NO23. The molecule has 1 aromatic rings. The first-order valence-corrected chi connectivity index (χ1v) is 16.7. The van der Waals surface area contributed by atoms with E-state index in [1.54, 1.807) is 0 Å². The largest absolute Gasteiger partial charge is 0.462 e. The molecule has 24 heteroatoms. The third kappa shape index (κ3) is 8.77. The summed E-state index contributed by atoms with van der Waals surface area (Å²) in [5.74, 6) is 0.000590. The predicted octanol–water partition coefficient (Wildman–Crippen LogP) is -7.75. The molecule has 4 aliphatic rings. The first-order chi connectivity index (χ1) is 25.6. The van der Waals surface area contributed by atoms with Crippen LogP contribution < -0.4 is 4.74 Å². The first kappa shape index (κ1) is 42.8. The van der Waals surface area contributed by atoms with E-state index in [0.29, 0.717) is 0 Å². The molecular weight excluding hydrogens is 742 g/mol. The quantitative estimate of drug-likeness (QED) is 0.0652. The molecule has 24 nitrogen and oxygen atoms in total. The van der Waals surface area contributed by atoms with Gasteiger partial charge in [-0.15, -0.1) is 0 Å². The SMILES string of the molecule is O=[N+]([O-])c1ccc(O[C@H]2O[C@H](CO)[C@@H](O[C@@H]3O[C@H](CO)[C@@H](O[C@@H]4O[C@H](CO)[C@@H](O[C@@H]5O[C@H](CO)[C@@H](O)[C@H](O)[C@H]5O)[C@H](O)[C@H]4O)[C@H](O)[C@H]3O)[C@H](O)[C@H]2O)cc1. The van der Waals surface area contributed by atoms with Crippen molar-refractivity contribution in [3.63, 3.8) is 0 Å². The molecule has 0 spiro atoms. The van der Waals surface area contributed by atoms with Crippen LogP contribution in [0, 0.1) is 10.1 Å². The molecule has 54 heavy (non-hydrogen) atoms. The summed E-state index contributed by atoms with van der Waals surface area (Å²) in [7, 11) is 0. The Bertz CT molecular complexity index is 1340. The molecule has 0 amide bonds. The summed E-state index contributed by atoms with van der Waals surface area (Å²) in [6, 6.07) is 4.64. The fourth-order valence-electron chi connectivity index (χ4n) is 6.41. The highest BCUT2D eigenvalue weighted by atomic mass is 16.8. The highest BCUT2D eigenvalue weighted by molar-refractivity contribution is 5.36. The molecule has 13 N–H and O–H groups in total. The summed E-state index contributed by atoms with van der Waals surface area (Å²) in [5, 5.41) is 146. The van der Waals surface area contributed by atoms with Crippen molar-refractivity contribution in [3.8, 4) is 5.75 Å². The third-order valence-electron chi connectivity index (χ3n) is 9.48. The molecule has 308 valence electrons. The van der Waals surface area contributed by atoms with Crippen LogP contribution in [0.1, 0.15) is 0 Å². The van der Waals surface area contributed by atoms with Gasteiger partial charge in [-0.1, -0.05) is 0 Å². The number of rotatable bonds is 13. The van der Waals surface area contributed by atoms with Gasteiger partial charge in [-0.25, -0.2) is 0 Å². The van der Waals surface area contributed by atoms with Gasteiger partial charge in [-0.2, -0.15) is 0 Å². The zero-order valence-corrected chi connectivity index (χ0v) is 28.0. The molecule has 5 rings (SSSR count). The van der Waals surface area contributed by atoms with E-state index in [1.807, 2.05) is 0 Å². The van der Waals surface area contributed by atoms with Crippen LogP contribution in [0.15, 0.2) is 24.3 Å². The van der Waals surface area contributed by atoms with E-state index in [2.05, 4.69) is 0 Å². The zero-order valence-electron chi connectivity index (χ0n) is 28.0. The zero-order chi connectivity index (χ0) is 39.6. The van der Waals surface area contributed by atoms with E-state index in [4.69, 9.17) is 37.9 Å². The van der Waals surface area contributed by atoms with Crippen LogP contribution in [-0.4, -0.2) is 221 Å². The number of hydrogen-bond acceptors (Lipinski definition) is 23. The lowest BCUT2D eigenvalue weighted by Gasteiger charge is -2.49. The molecule has 1 aromatic carbocycles. The van der Waals surface area contributed by atoms with Crippen molar-refractivity contribution in [2.45, 2.75) is 123 Å². The fraction of sp³-hybridized carbons (Fsp3) is 0.800. The van der Waals surface area contributed by atoms with E-state index in [-0.39, 0.29) is 11.4 Å². The molecule has 20 atom stereocenters. The Balaban J connectivity index is 1.22. The fourth-order valence-corrected chi connectivity index (χ4v) is 6.41. The van der Waals surface area contributed by atoms with Gasteiger partial charge in [0, 0.05) is 12.1 Å². The lowest BCUT2D eigenvalue weighted by molar-refractivity contribution is -0.387. The van der Waals surface area contributed by atoms with Gasteiger partial charge in [0.05, 0.1) is 31.4 Å². The van der Waals surface area contributed by atoms with E-state index in [9.17, 15) is 76.5 Å². The van der Waals surface area contributed by atoms with Crippen LogP contribution in [0.25, 0.3) is 0 Å². The summed E-state index contributed by atoms with van der Waals surface area (Å²) in [6.45, 7) is -3.50. The van der Waals surface area contributed by atoms with Gasteiger partial charge in [0.1, 0.15) is 103 Å². The van der Waals surface area contributed by atoms with Crippen LogP contribution in [0.3, 0.4) is 0 Å². The molecule has 0 radical (unpaired) electrons. The average molecular weight is 788 g/mol. The lowest BCUT2D eigenvalue weighted by atomic mass is 9.95. The number of nitro groups is 1. The highest BCUT2D eigenvalue weighted by Gasteiger charge is 2.55. The number of hydrogen-bond donors (Lipinski definition) is 13. The molecule has 0 saturated carbocycles. The third-order valence-corrected chi connectivity index (χ3v) is 9.48. The van der Waals surface area contributed by atoms with Crippen molar-refractivity contribution in [2.24, 2.45) is 0 Å². The minimum absolute atomic E-state index is 0.000590. The summed E-state index contributed by atoms with van der Waals surface area (Å²) >= 11 is 0. The summed E-state index contributed by atoms with van der Waals surface area (Å²) < 4.78 is 44.2. The van der Waals surface area contributed by atoms with E-state index < -0.39 is 154 Å². The number of aliphatic hydroxyl groups is 13. The van der Waals surface area contributed by atoms with Crippen molar-refractivity contribution in [1.82, 2.24) is 0 Å². The minimum atomic E-state index is -2.06. The molecule has 0 unspecified atom stereocenters. The number of aliphatic hydroxyl groups excluding tert-OH is 13. The number of nitro benzene ring substituents is 1. The average Bonchev–Trinajstić information content (AvgIpc) is 3.16. The van der Waals surface area contributed by atoms with Crippen molar-refractivity contribution in [3.05, 3.63) is 34.4 Å². The topological polar surface area (TPSA) is 380 Å². The Morgan fingerprint density at radius 3 is 1.19 bits per heavy atom. The van der Waals surface area contributed by atoms with Crippen molar-refractivity contribution >= 4 is 5.69 Å². The summed E-state index contributed by atoms with van der Waals surface area (Å²) in [4.78, 5) is 10.3. The van der Waals surface area contributed by atoms with Crippen LogP contribution in [0.5, 0.6) is 5.75 Å². The van der Waals surface area contributed by atoms with Crippen LogP contribution >= 0.6 is 0 Å². The van der Waals surface area contributed by atoms with E-state index >= 15 is 0 Å². The normalized spacial score (nSPS) is 45.9. The first-order valence-electron chi connectivity index (χ1n) is 16.7. The lowest BCUT2D eigenvalue weighted by Crippen LogP contribution is -2.67. The Labute approximate surface area is 304 Å². The number of ether oxygens (including phenoxy) is 8. The smallest absolute Gasteiger partial charge is 0.269 e. The summed E-state index contributed by atoms with van der Waals surface area (Å²) in [6.07, 6.45) is -35.7. The van der Waals surface area contributed by atoms with Gasteiger partial charge in [0.25, 0.3) is 5.69 Å². The number of benzene rings is 1. The predicted molar refractivity (Wildman–Crippen MR) is 165 cm³/mol. The van der Waals surface area contributed by atoms with Gasteiger partial charge in [-0.3, -0.25) is 10.1 Å². The number of non-ortho nitro benzene ring substituents is 1. The van der Waals surface area contributed by atoms with Gasteiger partial charge >= 0.3 is 0 Å². The molecule has 0 aromatic heterocycles. The van der Waals surface area contributed by atoms with Gasteiger partial charge < -0.3 is 104 Å². The highest BCUT2D eigenvalue weighted by Crippen LogP contribution is 2.34. The Morgan fingerprint density at radius 2 is 0.815 bits per heavy atom. The maximum absolute atomic E-state index is 11.1. The second-order valence-corrected chi connectivity index (χ2v) is 13.0. The molecule has 4 heterocycles. The molecule has 4 fully saturated rings. The maximum Gasteiger partial charge on any atom is 0.269 e. The van der Waals surface area contributed by atoms with Crippen LogP contribution in [-0.2, 0) is 33.2 Å². The molecule has 4 aliphatic heterocycles. The maximum atomic E-state index is 11.1. The molecule has 0 bridgehead atoms. The van der Waals surface area contributed by atoms with Crippen molar-refractivity contribution in [2.75, 3.05) is 26.4 Å². The molecule has 4 saturated heterocycles. The standard InChI is InChI=1S/C30H45NO23/c32-5-11-15(36)16(37)20(41)28(48-11)52-25-13(7-34)50-30(22(43)18(25)39)54-26-14(8-35)51-29(23(44)19(26)40)53-24-12(6-33)49-27(21(42)17(24)38)47-10-3-1-9(2-4-10)31(45)46/h1-4,11-30,32-44H,5-8H2/t11-,12-,13-,14-,15-,16+,17-,18-,19-,20-,21-,22-,23-,24-,25-,26-,27+,28+,29+,30+/m1/s1. The second kappa shape index (κ2) is 18.3.